The van der Waals surface area contributed by atoms with Crippen molar-refractivity contribution in [3.63, 3.8) is 0 Å². The molecule has 2 saturated heterocycles. The summed E-state index contributed by atoms with van der Waals surface area (Å²) in [7, 11) is 2.06. The smallest absolute Gasteiger partial charge is 0.290 e. The number of likely N-dealkylation sites (N-methyl/N-ethyl adjacent to an activating group) is 1. The van der Waals surface area contributed by atoms with Crippen LogP contribution in [-0.4, -0.2) is 58.4 Å². The standard InChI is InChI=1S/C14H15N3OS.CH2O2/c1-17-8-6-10(15-7-8)13(17)14(18)12-9-4-2-3-5-11(9)19-16-12;2-1-3/h2-5,8,10,13,15H,6-7H2,1H3;1H,(H,2,3)/t8-,10+,13?;/m0./s1. The van der Waals surface area contributed by atoms with E-state index in [1.807, 2.05) is 24.3 Å². The van der Waals surface area contributed by atoms with E-state index in [9.17, 15) is 4.79 Å². The Hall–Kier alpha value is -1.83. The van der Waals surface area contributed by atoms with Gasteiger partial charge in [-0.25, -0.2) is 0 Å². The monoisotopic (exact) mass is 319 g/mol. The first-order valence-corrected chi connectivity index (χ1v) is 7.86. The Labute approximate surface area is 131 Å². The molecule has 22 heavy (non-hydrogen) atoms. The molecule has 7 heteroatoms. The molecule has 2 N–H and O–H groups in total. The maximum absolute atomic E-state index is 12.8. The lowest BCUT2D eigenvalue weighted by atomic mass is 10.0. The maximum Gasteiger partial charge on any atom is 0.290 e. The molecule has 116 valence electrons. The fourth-order valence-electron chi connectivity index (χ4n) is 3.38. The van der Waals surface area contributed by atoms with E-state index >= 15 is 0 Å². The van der Waals surface area contributed by atoms with E-state index in [-0.39, 0.29) is 18.3 Å². The first-order chi connectivity index (χ1) is 10.7. The van der Waals surface area contributed by atoms with Gasteiger partial charge in [-0.2, -0.15) is 4.37 Å². The molecular weight excluding hydrogens is 302 g/mol. The summed E-state index contributed by atoms with van der Waals surface area (Å²) in [4.78, 5) is 23.4. The van der Waals surface area contributed by atoms with Crippen molar-refractivity contribution in [2.45, 2.75) is 24.5 Å². The summed E-state index contributed by atoms with van der Waals surface area (Å²) in [5.41, 5.74) is 0.645. The van der Waals surface area contributed by atoms with Crippen molar-refractivity contribution in [1.29, 1.82) is 0 Å². The molecule has 2 aliphatic heterocycles. The number of carboxylic acid groups (broad SMARTS) is 1. The minimum Gasteiger partial charge on any atom is -0.483 e. The number of fused-ring (bicyclic) bond motifs is 3. The number of nitrogens with one attached hydrogen (secondary N) is 1. The van der Waals surface area contributed by atoms with Crippen molar-refractivity contribution < 1.29 is 14.7 Å². The van der Waals surface area contributed by atoms with Crippen LogP contribution in [0.3, 0.4) is 0 Å². The Morgan fingerprint density at radius 3 is 2.91 bits per heavy atom. The normalized spacial score (nSPS) is 26.7. The van der Waals surface area contributed by atoms with Crippen LogP contribution in [0.25, 0.3) is 10.1 Å². The average Bonchev–Trinajstić information content (AvgIpc) is 3.21. The van der Waals surface area contributed by atoms with E-state index in [2.05, 4.69) is 21.6 Å². The lowest BCUT2D eigenvalue weighted by molar-refractivity contribution is -0.122. The van der Waals surface area contributed by atoms with E-state index in [0.717, 1.165) is 23.1 Å². The highest BCUT2D eigenvalue weighted by atomic mass is 32.1. The molecule has 3 heterocycles. The van der Waals surface area contributed by atoms with Crippen LogP contribution in [0.2, 0.25) is 0 Å². The zero-order chi connectivity index (χ0) is 15.7. The molecule has 3 atom stereocenters. The van der Waals surface area contributed by atoms with Gasteiger partial charge < -0.3 is 10.4 Å². The summed E-state index contributed by atoms with van der Waals surface area (Å²) in [6.45, 7) is 0.753. The molecule has 2 bridgehead atoms. The number of Topliss-reactive ketones (excluding diaryl/α,β-unsaturated/α-hetero) is 1. The molecule has 0 amide bonds. The summed E-state index contributed by atoms with van der Waals surface area (Å²) in [5, 5.41) is 11.3. The Kier molecular flexibility index (Phi) is 4.19. The van der Waals surface area contributed by atoms with Gasteiger partial charge in [-0.1, -0.05) is 18.2 Å². The summed E-state index contributed by atoms with van der Waals surface area (Å²) in [5.74, 6) is 0.166. The van der Waals surface area contributed by atoms with Crippen molar-refractivity contribution in [3.05, 3.63) is 30.0 Å². The number of carbonyl (C=O) groups excluding carboxylic acids is 1. The Bertz CT molecular complexity index is 700. The van der Waals surface area contributed by atoms with E-state index in [4.69, 9.17) is 9.90 Å². The van der Waals surface area contributed by atoms with Crippen LogP contribution in [0, 0.1) is 0 Å². The quantitative estimate of drug-likeness (QED) is 0.640. The largest absolute Gasteiger partial charge is 0.483 e. The van der Waals surface area contributed by atoms with Crippen LogP contribution < -0.4 is 5.32 Å². The fourth-order valence-corrected chi connectivity index (χ4v) is 4.16. The highest BCUT2D eigenvalue weighted by Crippen LogP contribution is 2.32. The summed E-state index contributed by atoms with van der Waals surface area (Å²) >= 11 is 1.41. The third-order valence-electron chi connectivity index (χ3n) is 4.42. The van der Waals surface area contributed by atoms with Crippen LogP contribution in [0.5, 0.6) is 0 Å². The van der Waals surface area contributed by atoms with Crippen molar-refractivity contribution in [3.8, 4) is 0 Å². The number of hydrogen-bond acceptors (Lipinski definition) is 6. The van der Waals surface area contributed by atoms with Crippen molar-refractivity contribution in [2.24, 2.45) is 0 Å². The van der Waals surface area contributed by atoms with Crippen molar-refractivity contribution in [1.82, 2.24) is 14.6 Å². The first kappa shape index (κ1) is 15.1. The number of aromatic nitrogens is 1. The lowest BCUT2D eigenvalue weighted by Crippen LogP contribution is -2.53. The fraction of sp³-hybridized carbons (Fsp3) is 0.400. The molecule has 1 aromatic heterocycles. The zero-order valence-corrected chi connectivity index (χ0v) is 12.9. The van der Waals surface area contributed by atoms with Crippen LogP contribution in [-0.2, 0) is 4.79 Å². The average molecular weight is 319 g/mol. The van der Waals surface area contributed by atoms with Gasteiger partial charge in [-0.05, 0) is 31.1 Å². The molecule has 0 aliphatic carbocycles. The molecule has 6 nitrogen and oxygen atoms in total. The number of benzene rings is 1. The first-order valence-electron chi connectivity index (χ1n) is 7.09. The summed E-state index contributed by atoms with van der Waals surface area (Å²) in [6.07, 6.45) is 1.08. The van der Waals surface area contributed by atoms with Gasteiger partial charge in [-0.3, -0.25) is 14.5 Å². The Morgan fingerprint density at radius 2 is 2.23 bits per heavy atom. The van der Waals surface area contributed by atoms with Crippen molar-refractivity contribution >= 4 is 33.9 Å². The third-order valence-corrected chi connectivity index (χ3v) is 5.24. The predicted octanol–water partition coefficient (Wildman–Crippen LogP) is 1.22. The van der Waals surface area contributed by atoms with Gasteiger partial charge >= 0.3 is 0 Å². The van der Waals surface area contributed by atoms with E-state index < -0.39 is 0 Å². The molecule has 2 aliphatic rings. The van der Waals surface area contributed by atoms with E-state index in [1.54, 1.807) is 0 Å². The number of hydrogen-bond donors (Lipinski definition) is 2. The van der Waals surface area contributed by atoms with Gasteiger partial charge in [0.15, 0.2) is 0 Å². The van der Waals surface area contributed by atoms with Crippen LogP contribution in [0.1, 0.15) is 16.9 Å². The van der Waals surface area contributed by atoms with Crippen LogP contribution >= 0.6 is 11.5 Å². The molecule has 1 aromatic carbocycles. The predicted molar refractivity (Wildman–Crippen MR) is 84.4 cm³/mol. The number of carbonyl (C=O) groups is 2. The van der Waals surface area contributed by atoms with Gasteiger partial charge in [0.1, 0.15) is 5.69 Å². The van der Waals surface area contributed by atoms with Crippen LogP contribution in [0.4, 0.5) is 0 Å². The molecule has 0 saturated carbocycles. The zero-order valence-electron chi connectivity index (χ0n) is 12.1. The third kappa shape index (κ3) is 2.41. The van der Waals surface area contributed by atoms with Gasteiger partial charge in [0.2, 0.25) is 5.78 Å². The molecular formula is C15H17N3O3S. The van der Waals surface area contributed by atoms with Gasteiger partial charge in [-0.15, -0.1) is 0 Å². The second-order valence-corrected chi connectivity index (χ2v) is 6.32. The lowest BCUT2D eigenvalue weighted by Gasteiger charge is -2.30. The second kappa shape index (κ2) is 6.12. The molecule has 2 aromatic rings. The molecule has 0 spiro atoms. The minimum atomic E-state index is -0.250. The van der Waals surface area contributed by atoms with Gasteiger partial charge in [0.05, 0.1) is 10.7 Å². The van der Waals surface area contributed by atoms with Gasteiger partial charge in [0, 0.05) is 24.0 Å². The highest BCUT2D eigenvalue weighted by Gasteiger charge is 2.48. The van der Waals surface area contributed by atoms with Crippen LogP contribution in [0.15, 0.2) is 24.3 Å². The Balaban J connectivity index is 0.000000446. The van der Waals surface area contributed by atoms with Gasteiger partial charge in [0.25, 0.3) is 6.47 Å². The molecule has 2 fully saturated rings. The second-order valence-electron chi connectivity index (χ2n) is 5.51. The highest BCUT2D eigenvalue weighted by molar-refractivity contribution is 7.13. The maximum atomic E-state index is 12.8. The molecule has 4 rings (SSSR count). The summed E-state index contributed by atoms with van der Waals surface area (Å²) < 4.78 is 5.48. The van der Waals surface area contributed by atoms with Crippen molar-refractivity contribution in [2.75, 3.05) is 13.6 Å². The Morgan fingerprint density at radius 1 is 1.50 bits per heavy atom. The summed E-state index contributed by atoms with van der Waals surface area (Å²) in [6, 6.07) is 8.71. The minimum absolute atomic E-state index is 0.0516. The number of rotatable bonds is 2. The number of piperazine rings is 1. The number of nitrogens with zero attached hydrogens (tertiary/aromatic N) is 2. The van der Waals surface area contributed by atoms with E-state index in [1.165, 1.54) is 11.5 Å². The molecule has 1 unspecified atom stereocenters. The number of likely N-dealkylation sites (tertiary alicyclic amines) is 1. The number of ketones is 1. The topological polar surface area (TPSA) is 82.5 Å². The van der Waals surface area contributed by atoms with E-state index in [0.29, 0.717) is 17.8 Å². The SMILES string of the molecule is CN1C(C(=O)c2nsc3ccccc23)[C@H]2C[C@H]1CN2.O=CO. The molecule has 0 radical (unpaired) electrons.